The van der Waals surface area contributed by atoms with E-state index in [1.807, 2.05) is 6.08 Å². The molecule has 1 rings (SSSR count). The first-order valence-electron chi connectivity index (χ1n) is 5.06. The molecule has 1 aromatic rings. The third-order valence-corrected chi connectivity index (χ3v) is 2.21. The van der Waals surface area contributed by atoms with E-state index in [0.717, 1.165) is 25.1 Å². The molecule has 78 valence electrons. The molecule has 4 nitrogen and oxygen atoms in total. The number of H-pyrrole nitrogens is 1. The van der Waals surface area contributed by atoms with Gasteiger partial charge in [-0.15, -0.1) is 6.58 Å². The molecule has 14 heavy (non-hydrogen) atoms. The summed E-state index contributed by atoms with van der Waals surface area (Å²) in [5.74, 6) is 0.786. The van der Waals surface area contributed by atoms with Crippen molar-refractivity contribution in [2.45, 2.75) is 38.1 Å². The summed E-state index contributed by atoms with van der Waals surface area (Å²) in [5, 5.41) is 6.56. The molecule has 0 saturated heterocycles. The Balaban J connectivity index is 2.10. The van der Waals surface area contributed by atoms with Gasteiger partial charge in [0, 0.05) is 0 Å². The van der Waals surface area contributed by atoms with Crippen molar-refractivity contribution in [2.75, 3.05) is 0 Å². The SMILES string of the molecule is C=CCCCCCC(N)c1ncn[nH]1. The van der Waals surface area contributed by atoms with Gasteiger partial charge in [-0.3, -0.25) is 5.10 Å². The average molecular weight is 194 g/mol. The summed E-state index contributed by atoms with van der Waals surface area (Å²) < 4.78 is 0. The summed E-state index contributed by atoms with van der Waals surface area (Å²) in [4.78, 5) is 4.02. The first kappa shape index (κ1) is 10.9. The lowest BCUT2D eigenvalue weighted by Gasteiger charge is -2.06. The van der Waals surface area contributed by atoms with Gasteiger partial charge in [-0.05, 0) is 19.3 Å². The highest BCUT2D eigenvalue weighted by Crippen LogP contribution is 2.13. The van der Waals surface area contributed by atoms with Gasteiger partial charge in [0.1, 0.15) is 12.2 Å². The number of hydrogen-bond acceptors (Lipinski definition) is 3. The van der Waals surface area contributed by atoms with E-state index in [4.69, 9.17) is 5.73 Å². The zero-order valence-electron chi connectivity index (χ0n) is 8.45. The van der Waals surface area contributed by atoms with Crippen molar-refractivity contribution in [1.82, 2.24) is 15.2 Å². The van der Waals surface area contributed by atoms with E-state index in [1.165, 1.54) is 19.2 Å². The molecule has 0 amide bonds. The lowest BCUT2D eigenvalue weighted by molar-refractivity contribution is 0.553. The van der Waals surface area contributed by atoms with Gasteiger partial charge in [0.15, 0.2) is 0 Å². The molecule has 1 aromatic heterocycles. The van der Waals surface area contributed by atoms with Crippen LogP contribution < -0.4 is 5.73 Å². The van der Waals surface area contributed by atoms with Crippen LogP contribution in [-0.4, -0.2) is 15.2 Å². The van der Waals surface area contributed by atoms with Gasteiger partial charge in [-0.25, -0.2) is 4.98 Å². The Labute approximate surface area is 84.6 Å². The standard InChI is InChI=1S/C10H18N4/c1-2-3-4-5-6-7-9(11)10-12-8-13-14-10/h2,8-9H,1,3-7,11H2,(H,12,13,14). The number of nitrogens with one attached hydrogen (secondary N) is 1. The van der Waals surface area contributed by atoms with Crippen LogP contribution in [0.5, 0.6) is 0 Å². The number of hydrogen-bond donors (Lipinski definition) is 2. The number of aromatic amines is 1. The van der Waals surface area contributed by atoms with Crippen molar-refractivity contribution in [3.63, 3.8) is 0 Å². The number of rotatable bonds is 7. The van der Waals surface area contributed by atoms with E-state index >= 15 is 0 Å². The van der Waals surface area contributed by atoms with Crippen LogP contribution in [0.1, 0.15) is 44.0 Å². The van der Waals surface area contributed by atoms with Gasteiger partial charge in [-0.1, -0.05) is 18.9 Å². The number of allylic oxidation sites excluding steroid dienone is 1. The molecule has 0 aliphatic carbocycles. The van der Waals surface area contributed by atoms with Gasteiger partial charge in [-0.2, -0.15) is 5.10 Å². The Morgan fingerprint density at radius 1 is 1.50 bits per heavy atom. The normalized spacial score (nSPS) is 12.6. The maximum Gasteiger partial charge on any atom is 0.141 e. The largest absolute Gasteiger partial charge is 0.321 e. The van der Waals surface area contributed by atoms with Gasteiger partial charge in [0.05, 0.1) is 6.04 Å². The van der Waals surface area contributed by atoms with Crippen LogP contribution in [0.4, 0.5) is 0 Å². The van der Waals surface area contributed by atoms with Crippen LogP contribution >= 0.6 is 0 Å². The Kier molecular flexibility index (Phi) is 4.93. The number of aromatic nitrogens is 3. The molecule has 0 aromatic carbocycles. The van der Waals surface area contributed by atoms with Crippen LogP contribution in [0.15, 0.2) is 19.0 Å². The highest BCUT2D eigenvalue weighted by Gasteiger charge is 2.07. The lowest BCUT2D eigenvalue weighted by atomic mass is 10.1. The fourth-order valence-electron chi connectivity index (χ4n) is 1.36. The average Bonchev–Trinajstić information content (AvgIpc) is 2.70. The summed E-state index contributed by atoms with van der Waals surface area (Å²) >= 11 is 0. The Hall–Kier alpha value is -1.16. The fourth-order valence-corrected chi connectivity index (χ4v) is 1.36. The molecule has 0 aliphatic heterocycles. The molecule has 1 unspecified atom stereocenters. The van der Waals surface area contributed by atoms with Crippen molar-refractivity contribution in [3.05, 3.63) is 24.8 Å². The molecule has 1 atom stereocenters. The van der Waals surface area contributed by atoms with Gasteiger partial charge in [0.2, 0.25) is 0 Å². The molecular formula is C10H18N4. The molecule has 0 aliphatic rings. The minimum atomic E-state index is 0.00114. The maximum absolute atomic E-state index is 5.90. The van der Waals surface area contributed by atoms with Crippen molar-refractivity contribution < 1.29 is 0 Å². The second kappa shape index (κ2) is 6.32. The third-order valence-electron chi connectivity index (χ3n) is 2.21. The van der Waals surface area contributed by atoms with Crippen LogP contribution in [0.25, 0.3) is 0 Å². The summed E-state index contributed by atoms with van der Waals surface area (Å²) in [6.45, 7) is 3.69. The molecule has 0 fully saturated rings. The van der Waals surface area contributed by atoms with E-state index in [1.54, 1.807) is 0 Å². The number of nitrogens with two attached hydrogens (primary N) is 1. The van der Waals surface area contributed by atoms with Crippen LogP contribution in [0, 0.1) is 0 Å². The van der Waals surface area contributed by atoms with E-state index in [2.05, 4.69) is 21.8 Å². The van der Waals surface area contributed by atoms with E-state index in [9.17, 15) is 0 Å². The van der Waals surface area contributed by atoms with E-state index in [0.29, 0.717) is 0 Å². The minimum Gasteiger partial charge on any atom is -0.321 e. The van der Waals surface area contributed by atoms with Crippen molar-refractivity contribution in [3.8, 4) is 0 Å². The lowest BCUT2D eigenvalue weighted by Crippen LogP contribution is -2.11. The van der Waals surface area contributed by atoms with Crippen LogP contribution in [-0.2, 0) is 0 Å². The van der Waals surface area contributed by atoms with Gasteiger partial charge >= 0.3 is 0 Å². The second-order valence-electron chi connectivity index (χ2n) is 3.40. The predicted octanol–water partition coefficient (Wildman–Crippen LogP) is 1.94. The second-order valence-corrected chi connectivity index (χ2v) is 3.40. The van der Waals surface area contributed by atoms with Gasteiger partial charge < -0.3 is 5.73 Å². The zero-order chi connectivity index (χ0) is 10.2. The Morgan fingerprint density at radius 3 is 3.00 bits per heavy atom. The molecule has 0 radical (unpaired) electrons. The quantitative estimate of drug-likeness (QED) is 0.515. The summed E-state index contributed by atoms with van der Waals surface area (Å²) in [6, 6.07) is 0.00114. The van der Waals surface area contributed by atoms with E-state index < -0.39 is 0 Å². The number of nitrogens with zero attached hydrogens (tertiary/aromatic N) is 2. The van der Waals surface area contributed by atoms with Crippen molar-refractivity contribution in [2.24, 2.45) is 5.73 Å². The minimum absolute atomic E-state index is 0.00114. The van der Waals surface area contributed by atoms with Gasteiger partial charge in [0.25, 0.3) is 0 Å². The maximum atomic E-state index is 5.90. The topological polar surface area (TPSA) is 67.6 Å². The first-order valence-corrected chi connectivity index (χ1v) is 5.06. The Morgan fingerprint density at radius 2 is 2.36 bits per heavy atom. The highest BCUT2D eigenvalue weighted by atomic mass is 15.2. The molecule has 3 N–H and O–H groups in total. The van der Waals surface area contributed by atoms with Crippen molar-refractivity contribution >= 4 is 0 Å². The number of unbranched alkanes of at least 4 members (excludes halogenated alkanes) is 3. The summed E-state index contributed by atoms with van der Waals surface area (Å²) in [6.07, 6.45) is 9.04. The molecular weight excluding hydrogens is 176 g/mol. The zero-order valence-corrected chi connectivity index (χ0v) is 8.45. The van der Waals surface area contributed by atoms with Crippen LogP contribution in [0.3, 0.4) is 0 Å². The monoisotopic (exact) mass is 194 g/mol. The predicted molar refractivity (Wildman–Crippen MR) is 56.6 cm³/mol. The molecule has 4 heteroatoms. The molecule has 0 saturated carbocycles. The summed E-state index contributed by atoms with van der Waals surface area (Å²) in [5.41, 5.74) is 5.90. The van der Waals surface area contributed by atoms with Crippen molar-refractivity contribution in [1.29, 1.82) is 0 Å². The Bertz CT molecular complexity index is 243. The molecule has 0 spiro atoms. The fraction of sp³-hybridized carbons (Fsp3) is 0.600. The van der Waals surface area contributed by atoms with E-state index in [-0.39, 0.29) is 6.04 Å². The first-order chi connectivity index (χ1) is 6.84. The van der Waals surface area contributed by atoms with Crippen LogP contribution in [0.2, 0.25) is 0 Å². The molecule has 0 bridgehead atoms. The smallest absolute Gasteiger partial charge is 0.141 e. The summed E-state index contributed by atoms with van der Waals surface area (Å²) in [7, 11) is 0. The highest BCUT2D eigenvalue weighted by molar-refractivity contribution is 4.88. The molecule has 1 heterocycles. The third kappa shape index (κ3) is 3.70.